The van der Waals surface area contributed by atoms with E-state index in [2.05, 4.69) is 10.2 Å². The van der Waals surface area contributed by atoms with Crippen molar-refractivity contribution in [2.75, 3.05) is 0 Å². The molecule has 0 unspecified atom stereocenters. The fourth-order valence-corrected chi connectivity index (χ4v) is 1.41. The van der Waals surface area contributed by atoms with E-state index in [9.17, 15) is 0 Å². The molecule has 0 aliphatic carbocycles. The van der Waals surface area contributed by atoms with E-state index < -0.39 is 0 Å². The van der Waals surface area contributed by atoms with E-state index in [4.69, 9.17) is 11.6 Å². The maximum absolute atomic E-state index is 5.79. The van der Waals surface area contributed by atoms with Crippen LogP contribution in [0.15, 0.2) is 71.0 Å². The number of rotatable bonds is 3. The lowest BCUT2D eigenvalue weighted by Gasteiger charge is -1.91. The lowest BCUT2D eigenvalue weighted by atomic mass is 10.2. The first kappa shape index (κ1) is 11.6. The number of hydrogen-bond donors (Lipinski definition) is 0. The average Bonchev–Trinajstić information content (AvgIpc) is 2.38. The third kappa shape index (κ3) is 3.85. The topological polar surface area (TPSA) is 24.7 Å². The normalized spacial score (nSPS) is 11.4. The summed E-state index contributed by atoms with van der Waals surface area (Å²) in [6.45, 7) is 0. The molecule has 0 heterocycles. The van der Waals surface area contributed by atoms with Crippen LogP contribution in [0.4, 0.5) is 5.69 Å². The van der Waals surface area contributed by atoms with Crippen molar-refractivity contribution < 1.29 is 0 Å². The average molecular weight is 243 g/mol. The Morgan fingerprint density at radius 2 is 1.59 bits per heavy atom. The zero-order valence-corrected chi connectivity index (χ0v) is 9.88. The fraction of sp³-hybridized carbons (Fsp3) is 0. The lowest BCUT2D eigenvalue weighted by molar-refractivity contribution is 1.23. The summed E-state index contributed by atoms with van der Waals surface area (Å²) in [6, 6.07) is 17.1. The first-order valence-electron chi connectivity index (χ1n) is 5.22. The van der Waals surface area contributed by atoms with Gasteiger partial charge in [0.05, 0.1) is 11.9 Å². The molecule has 84 valence electrons. The largest absolute Gasteiger partial charge is 0.159 e. The van der Waals surface area contributed by atoms with Crippen molar-refractivity contribution in [3.05, 3.63) is 71.4 Å². The third-order valence-corrected chi connectivity index (χ3v) is 2.39. The molecule has 2 nitrogen and oxygen atoms in total. The van der Waals surface area contributed by atoms with Crippen LogP contribution in [-0.2, 0) is 0 Å². The van der Waals surface area contributed by atoms with Crippen molar-refractivity contribution in [3.63, 3.8) is 0 Å². The number of azo groups is 1. The maximum atomic E-state index is 5.79. The molecule has 0 aromatic heterocycles. The molecule has 0 N–H and O–H groups in total. The standard InChI is InChI=1S/C14H11ClN2/c15-13-8-6-12(7-9-13)10-11-16-17-14-4-2-1-3-5-14/h1-11H. The minimum absolute atomic E-state index is 0.730. The molecule has 0 bridgehead atoms. The van der Waals surface area contributed by atoms with Crippen LogP contribution in [0, 0.1) is 0 Å². The van der Waals surface area contributed by atoms with Gasteiger partial charge >= 0.3 is 0 Å². The Balaban J connectivity index is 1.98. The molecule has 2 aromatic carbocycles. The molecule has 0 aliphatic heterocycles. The van der Waals surface area contributed by atoms with Gasteiger partial charge in [0.25, 0.3) is 0 Å². The van der Waals surface area contributed by atoms with Gasteiger partial charge in [-0.2, -0.15) is 10.2 Å². The summed E-state index contributed by atoms with van der Waals surface area (Å²) in [5.74, 6) is 0. The Morgan fingerprint density at radius 1 is 0.882 bits per heavy atom. The van der Waals surface area contributed by atoms with Gasteiger partial charge < -0.3 is 0 Å². The Kier molecular flexibility index (Phi) is 4.05. The molecule has 2 rings (SSSR count). The molecular formula is C14H11ClN2. The highest BCUT2D eigenvalue weighted by molar-refractivity contribution is 6.30. The van der Waals surface area contributed by atoms with Crippen LogP contribution in [0.25, 0.3) is 6.08 Å². The van der Waals surface area contributed by atoms with Gasteiger partial charge in [0.1, 0.15) is 0 Å². The van der Waals surface area contributed by atoms with E-state index in [1.54, 1.807) is 6.20 Å². The summed E-state index contributed by atoms with van der Waals surface area (Å²) >= 11 is 5.79. The number of nitrogens with zero attached hydrogens (tertiary/aromatic N) is 2. The lowest BCUT2D eigenvalue weighted by Crippen LogP contribution is -1.69. The Labute approximate surface area is 105 Å². The Bertz CT molecular complexity index is 516. The zero-order valence-electron chi connectivity index (χ0n) is 9.12. The van der Waals surface area contributed by atoms with E-state index in [0.29, 0.717) is 0 Å². The van der Waals surface area contributed by atoms with E-state index in [0.717, 1.165) is 16.3 Å². The van der Waals surface area contributed by atoms with Crippen LogP contribution in [0.3, 0.4) is 0 Å². The van der Waals surface area contributed by atoms with Crippen LogP contribution >= 0.6 is 11.6 Å². The number of halogens is 1. The minimum atomic E-state index is 0.730. The Morgan fingerprint density at radius 3 is 2.29 bits per heavy atom. The molecule has 0 atom stereocenters. The maximum Gasteiger partial charge on any atom is 0.0856 e. The van der Waals surface area contributed by atoms with Gasteiger partial charge in [-0.3, -0.25) is 0 Å². The van der Waals surface area contributed by atoms with Crippen LogP contribution < -0.4 is 0 Å². The van der Waals surface area contributed by atoms with Crippen molar-refractivity contribution in [3.8, 4) is 0 Å². The molecule has 0 saturated heterocycles. The van der Waals surface area contributed by atoms with Crippen molar-refractivity contribution in [2.45, 2.75) is 0 Å². The molecule has 0 spiro atoms. The van der Waals surface area contributed by atoms with Crippen molar-refractivity contribution >= 4 is 23.4 Å². The molecule has 17 heavy (non-hydrogen) atoms. The number of hydrogen-bond acceptors (Lipinski definition) is 2. The summed E-state index contributed by atoms with van der Waals surface area (Å²) in [6.07, 6.45) is 3.54. The highest BCUT2D eigenvalue weighted by Crippen LogP contribution is 2.12. The minimum Gasteiger partial charge on any atom is -0.159 e. The van der Waals surface area contributed by atoms with Gasteiger partial charge in [0.2, 0.25) is 0 Å². The monoisotopic (exact) mass is 242 g/mol. The van der Waals surface area contributed by atoms with Gasteiger partial charge in [-0.1, -0.05) is 41.9 Å². The van der Waals surface area contributed by atoms with E-state index >= 15 is 0 Å². The molecular weight excluding hydrogens is 232 g/mol. The van der Waals surface area contributed by atoms with Gasteiger partial charge in [-0.05, 0) is 35.9 Å². The second kappa shape index (κ2) is 5.97. The van der Waals surface area contributed by atoms with Crippen LogP contribution in [0.1, 0.15) is 5.56 Å². The van der Waals surface area contributed by atoms with Crippen LogP contribution in [0.5, 0.6) is 0 Å². The smallest absolute Gasteiger partial charge is 0.0856 e. The van der Waals surface area contributed by atoms with Crippen molar-refractivity contribution in [2.24, 2.45) is 10.2 Å². The molecule has 2 aromatic rings. The predicted molar refractivity (Wildman–Crippen MR) is 71.4 cm³/mol. The third-order valence-electron chi connectivity index (χ3n) is 2.13. The van der Waals surface area contributed by atoms with Gasteiger partial charge in [-0.25, -0.2) is 0 Å². The molecule has 0 saturated carbocycles. The molecule has 0 amide bonds. The van der Waals surface area contributed by atoms with Crippen LogP contribution in [0.2, 0.25) is 5.02 Å². The van der Waals surface area contributed by atoms with E-state index in [-0.39, 0.29) is 0 Å². The summed E-state index contributed by atoms with van der Waals surface area (Å²) in [4.78, 5) is 0. The summed E-state index contributed by atoms with van der Waals surface area (Å²) in [5.41, 5.74) is 1.88. The van der Waals surface area contributed by atoms with Crippen molar-refractivity contribution in [1.29, 1.82) is 0 Å². The fourth-order valence-electron chi connectivity index (χ4n) is 1.29. The van der Waals surface area contributed by atoms with Gasteiger partial charge in [0, 0.05) is 5.02 Å². The first-order chi connectivity index (χ1) is 8.34. The summed E-state index contributed by atoms with van der Waals surface area (Å²) in [5, 5.41) is 8.75. The molecule has 0 radical (unpaired) electrons. The van der Waals surface area contributed by atoms with E-state index in [1.807, 2.05) is 60.7 Å². The highest BCUT2D eigenvalue weighted by Gasteiger charge is 1.87. The first-order valence-corrected chi connectivity index (χ1v) is 5.60. The van der Waals surface area contributed by atoms with Crippen molar-refractivity contribution in [1.82, 2.24) is 0 Å². The van der Waals surface area contributed by atoms with Gasteiger partial charge in [0.15, 0.2) is 0 Å². The zero-order chi connectivity index (χ0) is 11.9. The quantitative estimate of drug-likeness (QED) is 0.670. The van der Waals surface area contributed by atoms with Gasteiger partial charge in [-0.15, -0.1) is 0 Å². The van der Waals surface area contributed by atoms with E-state index in [1.165, 1.54) is 0 Å². The van der Waals surface area contributed by atoms with Crippen LogP contribution in [-0.4, -0.2) is 0 Å². The summed E-state index contributed by atoms with van der Waals surface area (Å²) in [7, 11) is 0. The second-order valence-corrected chi connectivity index (χ2v) is 3.85. The molecule has 3 heteroatoms. The SMILES string of the molecule is Clc1ccc(C=CN=Nc2ccccc2)cc1. The number of benzene rings is 2. The Hall–Kier alpha value is -1.93. The molecule has 0 aliphatic rings. The predicted octanol–water partition coefficient (Wildman–Crippen LogP) is 5.09. The highest BCUT2D eigenvalue weighted by atomic mass is 35.5. The second-order valence-electron chi connectivity index (χ2n) is 3.42. The summed E-state index contributed by atoms with van der Waals surface area (Å²) < 4.78 is 0. The molecule has 0 fully saturated rings.